The SMILES string of the molecule is CC(C)[C@@H](NC(=O)Oc1ccccc1)C(=O)OC(C)(C)C. The molecule has 1 atom stereocenters. The number of rotatable bonds is 4. The highest BCUT2D eigenvalue weighted by Gasteiger charge is 2.29. The fourth-order valence-corrected chi connectivity index (χ4v) is 1.62. The standard InChI is InChI=1S/C16H23NO4/c1-11(2)13(14(18)21-16(3,4)5)17-15(19)20-12-9-7-6-8-10-12/h6-11,13H,1-5H3,(H,17,19)/t13-/m1/s1. The highest BCUT2D eigenvalue weighted by atomic mass is 16.6. The second kappa shape index (κ2) is 7.11. The van der Waals surface area contributed by atoms with Crippen LogP contribution in [0.25, 0.3) is 0 Å². The van der Waals surface area contributed by atoms with E-state index >= 15 is 0 Å². The van der Waals surface area contributed by atoms with E-state index in [1.54, 1.807) is 45.0 Å². The number of amides is 1. The van der Waals surface area contributed by atoms with Crippen molar-refractivity contribution < 1.29 is 19.1 Å². The van der Waals surface area contributed by atoms with E-state index in [2.05, 4.69) is 5.32 Å². The van der Waals surface area contributed by atoms with Crippen LogP contribution in [-0.2, 0) is 9.53 Å². The number of nitrogens with one attached hydrogen (secondary N) is 1. The number of hydrogen-bond donors (Lipinski definition) is 1. The highest BCUT2D eigenvalue weighted by molar-refractivity contribution is 5.82. The molecule has 0 saturated heterocycles. The Labute approximate surface area is 125 Å². The van der Waals surface area contributed by atoms with Crippen LogP contribution >= 0.6 is 0 Å². The van der Waals surface area contributed by atoms with Crippen LogP contribution in [-0.4, -0.2) is 23.7 Å². The minimum atomic E-state index is -0.750. The van der Waals surface area contributed by atoms with E-state index in [1.807, 2.05) is 19.9 Å². The molecule has 0 saturated carbocycles. The Balaban J connectivity index is 2.66. The number of ether oxygens (including phenoxy) is 2. The lowest BCUT2D eigenvalue weighted by Gasteiger charge is -2.26. The molecule has 116 valence electrons. The Morgan fingerprint density at radius 1 is 1.10 bits per heavy atom. The summed E-state index contributed by atoms with van der Waals surface area (Å²) in [4.78, 5) is 24.0. The van der Waals surface area contributed by atoms with Crippen molar-refractivity contribution >= 4 is 12.1 Å². The van der Waals surface area contributed by atoms with Crippen molar-refractivity contribution in [3.63, 3.8) is 0 Å². The summed E-state index contributed by atoms with van der Waals surface area (Å²) in [6, 6.07) is 7.92. The lowest BCUT2D eigenvalue weighted by Crippen LogP contribution is -2.48. The molecule has 0 aromatic heterocycles. The molecule has 1 rings (SSSR count). The van der Waals surface area contributed by atoms with E-state index in [1.165, 1.54) is 0 Å². The van der Waals surface area contributed by atoms with Crippen LogP contribution in [0.2, 0.25) is 0 Å². The van der Waals surface area contributed by atoms with Gasteiger partial charge in [0, 0.05) is 0 Å². The molecular weight excluding hydrogens is 270 g/mol. The normalized spacial score (nSPS) is 12.7. The smallest absolute Gasteiger partial charge is 0.413 e. The molecule has 1 N–H and O–H groups in total. The van der Waals surface area contributed by atoms with Crippen molar-refractivity contribution in [2.45, 2.75) is 46.3 Å². The highest BCUT2D eigenvalue weighted by Crippen LogP contribution is 2.13. The van der Waals surface area contributed by atoms with Crippen LogP contribution in [0.3, 0.4) is 0 Å². The Kier molecular flexibility index (Phi) is 5.76. The molecule has 1 aromatic rings. The molecule has 0 aliphatic rings. The van der Waals surface area contributed by atoms with E-state index in [4.69, 9.17) is 9.47 Å². The molecule has 0 heterocycles. The quantitative estimate of drug-likeness (QED) is 0.866. The predicted octanol–water partition coefficient (Wildman–Crippen LogP) is 3.14. The van der Waals surface area contributed by atoms with Crippen molar-refractivity contribution in [1.82, 2.24) is 5.32 Å². The first-order valence-corrected chi connectivity index (χ1v) is 6.95. The summed E-state index contributed by atoms with van der Waals surface area (Å²) in [5.74, 6) is -0.160. The lowest BCUT2D eigenvalue weighted by molar-refractivity contribution is -0.158. The van der Waals surface area contributed by atoms with Crippen molar-refractivity contribution in [3.05, 3.63) is 30.3 Å². The molecule has 0 spiro atoms. The first kappa shape index (κ1) is 17.0. The third kappa shape index (κ3) is 6.29. The lowest BCUT2D eigenvalue weighted by atomic mass is 10.0. The molecule has 0 radical (unpaired) electrons. The van der Waals surface area contributed by atoms with Crippen LogP contribution in [0.4, 0.5) is 4.79 Å². The third-order valence-corrected chi connectivity index (χ3v) is 2.55. The fourth-order valence-electron chi connectivity index (χ4n) is 1.62. The molecule has 0 aliphatic carbocycles. The van der Waals surface area contributed by atoms with Gasteiger partial charge in [0.2, 0.25) is 0 Å². The van der Waals surface area contributed by atoms with Gasteiger partial charge in [-0.05, 0) is 38.8 Å². The zero-order chi connectivity index (χ0) is 16.0. The average molecular weight is 293 g/mol. The minimum Gasteiger partial charge on any atom is -0.458 e. The molecular formula is C16H23NO4. The predicted molar refractivity (Wildman–Crippen MR) is 80.1 cm³/mol. The first-order chi connectivity index (χ1) is 9.69. The molecule has 5 heteroatoms. The molecule has 1 aromatic carbocycles. The van der Waals surface area contributed by atoms with Gasteiger partial charge in [0.05, 0.1) is 0 Å². The Morgan fingerprint density at radius 2 is 1.67 bits per heavy atom. The summed E-state index contributed by atoms with van der Waals surface area (Å²) in [5.41, 5.74) is -0.602. The maximum Gasteiger partial charge on any atom is 0.413 e. The Morgan fingerprint density at radius 3 is 2.14 bits per heavy atom. The second-order valence-corrected chi connectivity index (χ2v) is 6.10. The van der Waals surface area contributed by atoms with E-state index in [9.17, 15) is 9.59 Å². The zero-order valence-corrected chi connectivity index (χ0v) is 13.2. The summed E-state index contributed by atoms with van der Waals surface area (Å²) in [6.07, 6.45) is -0.675. The molecule has 21 heavy (non-hydrogen) atoms. The van der Waals surface area contributed by atoms with E-state index in [-0.39, 0.29) is 5.92 Å². The summed E-state index contributed by atoms with van der Waals surface area (Å²) < 4.78 is 10.4. The van der Waals surface area contributed by atoms with Crippen molar-refractivity contribution in [2.75, 3.05) is 0 Å². The van der Waals surface area contributed by atoms with Gasteiger partial charge in [0.25, 0.3) is 0 Å². The average Bonchev–Trinajstić information content (AvgIpc) is 2.34. The second-order valence-electron chi connectivity index (χ2n) is 6.10. The van der Waals surface area contributed by atoms with Gasteiger partial charge in [-0.2, -0.15) is 0 Å². The number of carbonyl (C=O) groups excluding carboxylic acids is 2. The molecule has 1 amide bonds. The van der Waals surface area contributed by atoms with E-state index in [0.29, 0.717) is 5.75 Å². The maximum absolute atomic E-state index is 12.1. The fraction of sp³-hybridized carbons (Fsp3) is 0.500. The van der Waals surface area contributed by atoms with Crippen LogP contribution in [0.15, 0.2) is 30.3 Å². The Hall–Kier alpha value is -2.04. The van der Waals surface area contributed by atoms with Crippen molar-refractivity contribution in [2.24, 2.45) is 5.92 Å². The van der Waals surface area contributed by atoms with Gasteiger partial charge >= 0.3 is 12.1 Å². The van der Waals surface area contributed by atoms with Crippen molar-refractivity contribution in [1.29, 1.82) is 0 Å². The van der Waals surface area contributed by atoms with Crippen LogP contribution in [0, 0.1) is 5.92 Å². The molecule has 0 unspecified atom stereocenters. The molecule has 0 aliphatic heterocycles. The Bertz CT molecular complexity index is 477. The van der Waals surface area contributed by atoms with Gasteiger partial charge < -0.3 is 14.8 Å². The molecule has 0 fully saturated rings. The summed E-state index contributed by atoms with van der Waals surface area (Å²) >= 11 is 0. The monoisotopic (exact) mass is 293 g/mol. The minimum absolute atomic E-state index is 0.108. The van der Waals surface area contributed by atoms with Gasteiger partial charge in [-0.1, -0.05) is 32.0 Å². The van der Waals surface area contributed by atoms with Gasteiger partial charge in [-0.25, -0.2) is 9.59 Å². The van der Waals surface area contributed by atoms with Crippen LogP contribution in [0.1, 0.15) is 34.6 Å². The van der Waals surface area contributed by atoms with Crippen LogP contribution in [0.5, 0.6) is 5.75 Å². The third-order valence-electron chi connectivity index (χ3n) is 2.55. The summed E-state index contributed by atoms with van der Waals surface area (Å²) in [6.45, 7) is 9.01. The molecule has 5 nitrogen and oxygen atoms in total. The van der Waals surface area contributed by atoms with E-state index < -0.39 is 23.7 Å². The topological polar surface area (TPSA) is 64.6 Å². The summed E-state index contributed by atoms with van der Waals surface area (Å²) in [5, 5.41) is 2.55. The number of para-hydroxylation sites is 1. The number of benzene rings is 1. The number of esters is 1. The van der Waals surface area contributed by atoms with Crippen LogP contribution < -0.4 is 10.1 Å². The number of hydrogen-bond acceptors (Lipinski definition) is 4. The molecule has 0 bridgehead atoms. The van der Waals surface area contributed by atoms with Gasteiger partial charge in [0.1, 0.15) is 17.4 Å². The van der Waals surface area contributed by atoms with E-state index in [0.717, 1.165) is 0 Å². The van der Waals surface area contributed by atoms with Gasteiger partial charge in [-0.3, -0.25) is 0 Å². The first-order valence-electron chi connectivity index (χ1n) is 6.95. The van der Waals surface area contributed by atoms with Crippen molar-refractivity contribution in [3.8, 4) is 5.75 Å². The van der Waals surface area contributed by atoms with Gasteiger partial charge in [0.15, 0.2) is 0 Å². The number of carbonyl (C=O) groups is 2. The maximum atomic E-state index is 12.1. The largest absolute Gasteiger partial charge is 0.458 e. The van der Waals surface area contributed by atoms with Gasteiger partial charge in [-0.15, -0.1) is 0 Å². The zero-order valence-electron chi connectivity index (χ0n) is 13.2. The summed E-state index contributed by atoms with van der Waals surface area (Å²) in [7, 11) is 0.